The van der Waals surface area contributed by atoms with Crippen LogP contribution in [0.1, 0.15) is 80.2 Å². The number of nitrogens with zero attached hydrogens (tertiary/aromatic N) is 7. The van der Waals surface area contributed by atoms with E-state index in [2.05, 4.69) is 50.4 Å². The van der Waals surface area contributed by atoms with Gasteiger partial charge in [0.15, 0.2) is 11.5 Å². The Morgan fingerprint density at radius 3 is 2.68 bits per heavy atom. The lowest BCUT2D eigenvalue weighted by Gasteiger charge is -2.27. The maximum Gasteiger partial charge on any atom is 0.240 e. The number of fused-ring (bicyclic) bond motifs is 1. The van der Waals surface area contributed by atoms with Crippen molar-refractivity contribution in [2.45, 2.75) is 78.3 Å². The lowest BCUT2D eigenvalue weighted by Crippen LogP contribution is -2.44. The molecule has 34 heavy (non-hydrogen) atoms. The minimum atomic E-state index is -0.571. The zero-order valence-electron chi connectivity index (χ0n) is 20.4. The molecule has 10 heteroatoms. The van der Waals surface area contributed by atoms with Gasteiger partial charge in [-0.05, 0) is 51.8 Å². The molecule has 1 N–H and O–H groups in total. The second kappa shape index (κ2) is 9.89. The summed E-state index contributed by atoms with van der Waals surface area (Å²) in [6.45, 7) is 10.5. The van der Waals surface area contributed by atoms with Crippen LogP contribution in [-0.2, 0) is 23.3 Å². The van der Waals surface area contributed by atoms with Crippen molar-refractivity contribution in [3.05, 3.63) is 40.4 Å². The first-order valence-electron chi connectivity index (χ1n) is 12.0. The van der Waals surface area contributed by atoms with Crippen LogP contribution in [0.5, 0.6) is 0 Å². The zero-order valence-corrected chi connectivity index (χ0v) is 20.4. The van der Waals surface area contributed by atoms with E-state index in [1.54, 1.807) is 4.52 Å². The molecule has 0 saturated heterocycles. The van der Waals surface area contributed by atoms with Crippen molar-refractivity contribution < 1.29 is 9.32 Å². The van der Waals surface area contributed by atoms with Gasteiger partial charge in [0.1, 0.15) is 17.2 Å². The fourth-order valence-corrected chi connectivity index (χ4v) is 4.85. The van der Waals surface area contributed by atoms with Gasteiger partial charge < -0.3 is 9.84 Å². The first kappa shape index (κ1) is 23.8. The summed E-state index contributed by atoms with van der Waals surface area (Å²) in [7, 11) is 0. The van der Waals surface area contributed by atoms with Crippen molar-refractivity contribution in [3.63, 3.8) is 0 Å². The number of carbonyl (C=O) groups excluding carboxylic acids is 1. The number of nitrogens with one attached hydrogen (secondary N) is 1. The van der Waals surface area contributed by atoms with Gasteiger partial charge in [-0.2, -0.15) is 15.3 Å². The molecule has 1 amide bonds. The molecule has 0 aromatic carbocycles. The lowest BCUT2D eigenvalue weighted by atomic mass is 9.95. The van der Waals surface area contributed by atoms with Gasteiger partial charge in [0.25, 0.3) is 0 Å². The third-order valence-electron chi connectivity index (χ3n) is 6.92. The van der Waals surface area contributed by atoms with E-state index in [4.69, 9.17) is 4.52 Å². The van der Waals surface area contributed by atoms with Crippen LogP contribution in [0.3, 0.4) is 0 Å². The summed E-state index contributed by atoms with van der Waals surface area (Å²) >= 11 is 0. The van der Waals surface area contributed by atoms with Gasteiger partial charge in [-0.15, -0.1) is 0 Å². The third kappa shape index (κ3) is 4.53. The Labute approximate surface area is 199 Å². The van der Waals surface area contributed by atoms with Gasteiger partial charge in [0, 0.05) is 17.8 Å². The zero-order chi connectivity index (χ0) is 24.3. The predicted molar refractivity (Wildman–Crippen MR) is 125 cm³/mol. The molecule has 0 unspecified atom stereocenters. The van der Waals surface area contributed by atoms with Crippen molar-refractivity contribution in [2.24, 2.45) is 0 Å². The van der Waals surface area contributed by atoms with E-state index in [0.29, 0.717) is 42.3 Å². The quantitative estimate of drug-likeness (QED) is 0.512. The number of rotatable bonds is 9. The fourth-order valence-electron chi connectivity index (χ4n) is 4.85. The van der Waals surface area contributed by atoms with E-state index >= 15 is 0 Å². The SMILES string of the molecule is CCN(CC)Cc1nc(C2(NC(=O)CCc3c(C)nc4c(C#N)cnn4c3C)CCCC2)no1. The Hall–Kier alpha value is -3.32. The van der Waals surface area contributed by atoms with Gasteiger partial charge in [0.2, 0.25) is 11.8 Å². The minimum absolute atomic E-state index is 0.0472. The number of aromatic nitrogens is 5. The van der Waals surface area contributed by atoms with Gasteiger partial charge >= 0.3 is 0 Å². The monoisotopic (exact) mass is 464 g/mol. The average molecular weight is 465 g/mol. The van der Waals surface area contributed by atoms with Crippen LogP contribution >= 0.6 is 0 Å². The molecule has 1 aliphatic rings. The average Bonchev–Trinajstić information content (AvgIpc) is 3.57. The van der Waals surface area contributed by atoms with Crippen LogP contribution < -0.4 is 5.32 Å². The first-order valence-corrected chi connectivity index (χ1v) is 12.0. The number of hydrogen-bond acceptors (Lipinski definition) is 8. The molecule has 3 aromatic heterocycles. The lowest BCUT2D eigenvalue weighted by molar-refractivity contribution is -0.123. The van der Waals surface area contributed by atoms with Crippen molar-refractivity contribution in [2.75, 3.05) is 13.1 Å². The van der Waals surface area contributed by atoms with E-state index < -0.39 is 5.54 Å². The largest absolute Gasteiger partial charge is 0.343 e. The molecule has 180 valence electrons. The van der Waals surface area contributed by atoms with E-state index in [1.165, 1.54) is 6.20 Å². The van der Waals surface area contributed by atoms with Crippen LogP contribution in [-0.4, -0.2) is 48.6 Å². The molecule has 4 rings (SSSR count). The summed E-state index contributed by atoms with van der Waals surface area (Å²) in [5, 5.41) is 21.0. The maximum atomic E-state index is 13.1. The maximum absolute atomic E-state index is 13.1. The molecular weight excluding hydrogens is 432 g/mol. The van der Waals surface area contributed by atoms with Gasteiger partial charge in [-0.1, -0.05) is 31.8 Å². The summed E-state index contributed by atoms with van der Waals surface area (Å²) in [5.74, 6) is 1.12. The van der Waals surface area contributed by atoms with Crippen LogP contribution in [0.4, 0.5) is 0 Å². The van der Waals surface area contributed by atoms with Crippen molar-refractivity contribution in [1.82, 2.24) is 35.0 Å². The molecular formula is C24H32N8O2. The summed E-state index contributed by atoms with van der Waals surface area (Å²) < 4.78 is 7.21. The van der Waals surface area contributed by atoms with Crippen LogP contribution in [0.2, 0.25) is 0 Å². The topological polar surface area (TPSA) is 125 Å². The van der Waals surface area contributed by atoms with E-state index in [0.717, 1.165) is 55.7 Å². The number of amides is 1. The van der Waals surface area contributed by atoms with Gasteiger partial charge in [-0.3, -0.25) is 9.69 Å². The molecule has 3 aromatic rings. The van der Waals surface area contributed by atoms with Gasteiger partial charge in [-0.25, -0.2) is 9.50 Å². The minimum Gasteiger partial charge on any atom is -0.343 e. The molecule has 0 bridgehead atoms. The molecule has 10 nitrogen and oxygen atoms in total. The van der Waals surface area contributed by atoms with Crippen molar-refractivity contribution >= 4 is 11.6 Å². The molecule has 0 spiro atoms. The van der Waals surface area contributed by atoms with Crippen LogP contribution in [0.25, 0.3) is 5.65 Å². The Morgan fingerprint density at radius 1 is 1.26 bits per heavy atom. The number of aryl methyl sites for hydroxylation is 2. The second-order valence-corrected chi connectivity index (χ2v) is 8.98. The Balaban J connectivity index is 1.47. The normalized spacial score (nSPS) is 15.2. The molecule has 0 atom stereocenters. The molecule has 1 aliphatic carbocycles. The summed E-state index contributed by atoms with van der Waals surface area (Å²) in [4.78, 5) is 24.5. The van der Waals surface area contributed by atoms with Crippen LogP contribution in [0.15, 0.2) is 10.7 Å². The van der Waals surface area contributed by atoms with E-state index in [-0.39, 0.29) is 5.91 Å². The number of nitriles is 1. The first-order chi connectivity index (χ1) is 16.4. The highest BCUT2D eigenvalue weighted by molar-refractivity contribution is 5.77. The van der Waals surface area contributed by atoms with Crippen molar-refractivity contribution in [3.8, 4) is 6.07 Å². The Kier molecular flexibility index (Phi) is 6.93. The van der Waals surface area contributed by atoms with Gasteiger partial charge in [0.05, 0.1) is 12.7 Å². The second-order valence-electron chi connectivity index (χ2n) is 8.98. The van der Waals surface area contributed by atoms with Crippen molar-refractivity contribution in [1.29, 1.82) is 5.26 Å². The number of carbonyl (C=O) groups is 1. The highest BCUT2D eigenvalue weighted by Gasteiger charge is 2.41. The molecule has 1 fully saturated rings. The third-order valence-corrected chi connectivity index (χ3v) is 6.92. The standard InChI is InChI=1S/C24H32N8O2/c1-5-31(6-2)15-21-28-23(30-34-21)24(11-7-8-12-24)29-20(33)10-9-19-16(3)27-22-18(13-25)14-26-32(22)17(19)4/h14H,5-12,15H2,1-4H3,(H,29,33). The predicted octanol–water partition coefficient (Wildman–Crippen LogP) is 2.96. The summed E-state index contributed by atoms with van der Waals surface area (Å²) in [5.41, 5.74) is 3.10. The molecule has 0 radical (unpaired) electrons. The molecule has 0 aliphatic heterocycles. The Morgan fingerprint density at radius 2 is 2.00 bits per heavy atom. The molecule has 3 heterocycles. The Bertz CT molecular complexity index is 1210. The smallest absolute Gasteiger partial charge is 0.240 e. The van der Waals surface area contributed by atoms with Crippen LogP contribution in [0, 0.1) is 25.2 Å². The summed E-state index contributed by atoms with van der Waals surface area (Å²) in [6, 6.07) is 2.12. The van der Waals surface area contributed by atoms with E-state index in [1.807, 2.05) is 13.8 Å². The number of hydrogen-bond donors (Lipinski definition) is 1. The van der Waals surface area contributed by atoms with E-state index in [9.17, 15) is 10.1 Å². The summed E-state index contributed by atoms with van der Waals surface area (Å²) in [6.07, 6.45) is 6.00. The highest BCUT2D eigenvalue weighted by atomic mass is 16.5. The highest BCUT2D eigenvalue weighted by Crippen LogP contribution is 2.37. The molecule has 1 saturated carbocycles. The fraction of sp³-hybridized carbons (Fsp3) is 0.583.